The van der Waals surface area contributed by atoms with Gasteiger partial charge in [-0.3, -0.25) is 5.92 Å². The second kappa shape index (κ2) is 3.82. The van der Waals surface area contributed by atoms with Gasteiger partial charge >= 0.3 is 0 Å². The predicted molar refractivity (Wildman–Crippen MR) is 58.6 cm³/mol. The van der Waals surface area contributed by atoms with Crippen LogP contribution in [0.4, 0.5) is 0 Å². The molecule has 1 fully saturated rings. The molecule has 0 aromatic heterocycles. The Hall–Kier alpha value is 1.06. The molecule has 0 aromatic carbocycles. The summed E-state index contributed by atoms with van der Waals surface area (Å²) < 4.78 is 0. The quantitative estimate of drug-likeness (QED) is 0.612. The Morgan fingerprint density at radius 1 is 0.929 bits per heavy atom. The molecule has 0 spiro atoms. The molecule has 1 heterocycles. The summed E-state index contributed by atoms with van der Waals surface area (Å²) in [6.45, 7) is 16.3. The van der Waals surface area contributed by atoms with Crippen molar-refractivity contribution in [3.8, 4) is 0 Å². The molecule has 0 atom stereocenters. The monoisotopic (exact) mass is 271 g/mol. The molecule has 0 aromatic rings. The molecular formula is C12H24NY-. The Kier molecular flexibility index (Phi) is 4.11. The summed E-state index contributed by atoms with van der Waals surface area (Å²) in [5.74, 6) is 1.59. The first-order valence-electron chi connectivity index (χ1n) is 5.14. The molecule has 0 N–H and O–H groups in total. The van der Waals surface area contributed by atoms with Gasteiger partial charge in [-0.2, -0.15) is 6.92 Å². The van der Waals surface area contributed by atoms with Gasteiger partial charge in [-0.25, -0.2) is 0 Å². The molecular weight excluding hydrogens is 247 g/mol. The summed E-state index contributed by atoms with van der Waals surface area (Å²) in [4.78, 5) is 2.50. The van der Waals surface area contributed by atoms with Crippen molar-refractivity contribution in [1.82, 2.24) is 4.90 Å². The maximum Gasteiger partial charge on any atom is 0 e. The van der Waals surface area contributed by atoms with Crippen LogP contribution in [0.2, 0.25) is 0 Å². The third-order valence-corrected chi connectivity index (χ3v) is 5.06. The summed E-state index contributed by atoms with van der Waals surface area (Å²) in [5, 5.41) is 0. The van der Waals surface area contributed by atoms with E-state index < -0.39 is 0 Å². The molecule has 0 saturated carbocycles. The number of hydrogen-bond acceptors (Lipinski definition) is 1. The van der Waals surface area contributed by atoms with Gasteiger partial charge in [0.1, 0.15) is 0 Å². The van der Waals surface area contributed by atoms with Crippen molar-refractivity contribution in [2.24, 2.45) is 5.41 Å². The summed E-state index contributed by atoms with van der Waals surface area (Å²) in [6.07, 6.45) is 0. The van der Waals surface area contributed by atoms with Crippen molar-refractivity contribution in [2.45, 2.75) is 59.5 Å². The average Bonchev–Trinajstić information content (AvgIpc) is 2.05. The van der Waals surface area contributed by atoms with Crippen LogP contribution in [-0.4, -0.2) is 23.0 Å². The largest absolute Gasteiger partial charge is 0.327 e. The minimum atomic E-state index is 0. The molecule has 0 amide bonds. The number of rotatable bonds is 0. The molecule has 1 aliphatic rings. The van der Waals surface area contributed by atoms with E-state index in [2.05, 4.69) is 60.4 Å². The third-order valence-electron chi connectivity index (χ3n) is 5.06. The maximum absolute atomic E-state index is 2.50. The van der Waals surface area contributed by atoms with Gasteiger partial charge in [-0.05, 0) is 26.4 Å². The van der Waals surface area contributed by atoms with Gasteiger partial charge < -0.3 is 4.90 Å². The average molecular weight is 271 g/mol. The first-order valence-corrected chi connectivity index (χ1v) is 5.14. The van der Waals surface area contributed by atoms with Crippen molar-refractivity contribution in [1.29, 1.82) is 0 Å². The summed E-state index contributed by atoms with van der Waals surface area (Å²) in [5.41, 5.74) is 0.777. The molecule has 0 unspecified atom stereocenters. The Balaban J connectivity index is 0.00000169. The van der Waals surface area contributed by atoms with Crippen molar-refractivity contribution in [2.75, 3.05) is 7.05 Å². The minimum absolute atomic E-state index is 0. The van der Waals surface area contributed by atoms with Crippen molar-refractivity contribution in [3.05, 3.63) is 5.92 Å². The molecule has 14 heavy (non-hydrogen) atoms. The van der Waals surface area contributed by atoms with Gasteiger partial charge in [0.25, 0.3) is 0 Å². The summed E-state index contributed by atoms with van der Waals surface area (Å²) in [7, 11) is 2.23. The van der Waals surface area contributed by atoms with Gasteiger partial charge in [0.15, 0.2) is 0 Å². The number of nitrogens with zero attached hydrogens (tertiary/aromatic N) is 1. The van der Waals surface area contributed by atoms with Crippen LogP contribution in [0.1, 0.15) is 48.5 Å². The van der Waals surface area contributed by atoms with E-state index >= 15 is 0 Å². The van der Waals surface area contributed by atoms with E-state index in [1.165, 1.54) is 0 Å². The number of likely N-dealkylation sites (tertiary alicyclic amines) is 1. The Morgan fingerprint density at radius 3 is 1.36 bits per heavy atom. The minimum Gasteiger partial charge on any atom is -0.327 e. The van der Waals surface area contributed by atoms with E-state index in [-0.39, 0.29) is 43.8 Å². The molecule has 0 aliphatic carbocycles. The molecule has 0 bridgehead atoms. The molecule has 1 rings (SSSR count). The van der Waals surface area contributed by atoms with Crippen LogP contribution in [0.5, 0.6) is 0 Å². The van der Waals surface area contributed by atoms with E-state index in [0.717, 1.165) is 0 Å². The summed E-state index contributed by atoms with van der Waals surface area (Å²) >= 11 is 0. The van der Waals surface area contributed by atoms with Gasteiger partial charge in [-0.1, -0.05) is 27.7 Å². The molecule has 1 nitrogen and oxygen atoms in total. The molecule has 81 valence electrons. The van der Waals surface area contributed by atoms with Crippen LogP contribution >= 0.6 is 0 Å². The van der Waals surface area contributed by atoms with E-state index in [1.54, 1.807) is 5.92 Å². The van der Waals surface area contributed by atoms with Crippen molar-refractivity contribution >= 4 is 0 Å². The zero-order valence-corrected chi connectivity index (χ0v) is 13.9. The second-order valence-electron chi connectivity index (χ2n) is 5.93. The molecule has 1 saturated heterocycles. The van der Waals surface area contributed by atoms with E-state index in [9.17, 15) is 0 Å². The SMILES string of the molecule is C[C-]1C(C)(C)N(C)C(C)(C)C1(C)C.[Y]. The fourth-order valence-corrected chi connectivity index (χ4v) is 2.59. The van der Waals surface area contributed by atoms with Crippen LogP contribution in [0.25, 0.3) is 0 Å². The van der Waals surface area contributed by atoms with Crippen LogP contribution < -0.4 is 0 Å². The zero-order chi connectivity index (χ0) is 10.7. The number of hydrogen-bond donors (Lipinski definition) is 0. The molecule has 2 heteroatoms. The van der Waals surface area contributed by atoms with E-state index in [4.69, 9.17) is 0 Å². The van der Waals surface area contributed by atoms with Crippen LogP contribution in [0, 0.1) is 11.3 Å². The van der Waals surface area contributed by atoms with Crippen LogP contribution in [-0.2, 0) is 32.7 Å². The maximum atomic E-state index is 2.50. The van der Waals surface area contributed by atoms with Gasteiger partial charge in [0.05, 0.1) is 0 Å². The van der Waals surface area contributed by atoms with E-state index in [1.807, 2.05) is 0 Å². The normalized spacial score (nSPS) is 30.0. The first kappa shape index (κ1) is 15.1. The van der Waals surface area contributed by atoms with Crippen molar-refractivity contribution in [3.63, 3.8) is 0 Å². The predicted octanol–water partition coefficient (Wildman–Crippen LogP) is 3.11. The molecule has 1 radical (unpaired) electrons. The van der Waals surface area contributed by atoms with E-state index in [0.29, 0.717) is 5.41 Å². The van der Waals surface area contributed by atoms with Gasteiger partial charge in [-0.15, -0.1) is 11.0 Å². The Bertz CT molecular complexity index is 196. The zero-order valence-electron chi connectivity index (χ0n) is 11.0. The summed E-state index contributed by atoms with van der Waals surface area (Å²) in [6, 6.07) is 0. The molecule has 1 aliphatic heterocycles. The Labute approximate surface area is 115 Å². The fraction of sp³-hybridized carbons (Fsp3) is 0.917. The van der Waals surface area contributed by atoms with Gasteiger partial charge in [0.2, 0.25) is 0 Å². The standard InChI is InChI=1S/C12H24N.Y/c1-9-10(2,3)12(6,7)13(8)11(9,4)5;/h1-8H3;/q-1;. The fourth-order valence-electron chi connectivity index (χ4n) is 2.59. The third kappa shape index (κ3) is 1.64. The topological polar surface area (TPSA) is 3.24 Å². The van der Waals surface area contributed by atoms with Gasteiger partial charge in [0, 0.05) is 32.7 Å². The van der Waals surface area contributed by atoms with Crippen LogP contribution in [0.15, 0.2) is 0 Å². The smallest absolute Gasteiger partial charge is 0 e. The first-order chi connectivity index (χ1) is 5.56. The van der Waals surface area contributed by atoms with Crippen molar-refractivity contribution < 1.29 is 32.7 Å². The Morgan fingerprint density at radius 2 is 1.29 bits per heavy atom. The second-order valence-corrected chi connectivity index (χ2v) is 5.93. The van der Waals surface area contributed by atoms with Crippen LogP contribution in [0.3, 0.4) is 0 Å².